The van der Waals surface area contributed by atoms with Gasteiger partial charge < -0.3 is 5.32 Å². The van der Waals surface area contributed by atoms with Crippen molar-refractivity contribution in [3.63, 3.8) is 0 Å². The Kier molecular flexibility index (Phi) is 4.70. The Morgan fingerprint density at radius 3 is 2.52 bits per heavy atom. The van der Waals surface area contributed by atoms with Gasteiger partial charge in [-0.15, -0.1) is 0 Å². The zero-order valence-corrected chi connectivity index (χ0v) is 13.6. The Morgan fingerprint density at radius 1 is 1.12 bits per heavy atom. The number of aryl methyl sites for hydroxylation is 1. The number of carbonyl (C=O) groups excluding carboxylic acids is 1. The van der Waals surface area contributed by atoms with Crippen LogP contribution in [0.15, 0.2) is 65.5 Å². The van der Waals surface area contributed by atoms with E-state index in [0.717, 1.165) is 5.56 Å². The topological polar surface area (TPSA) is 64.0 Å². The fraction of sp³-hybridized carbons (Fsp3) is 0.105. The van der Waals surface area contributed by atoms with Crippen molar-refractivity contribution in [2.45, 2.75) is 13.5 Å². The van der Waals surface area contributed by atoms with Crippen molar-refractivity contribution in [1.82, 2.24) is 15.1 Å². The molecule has 0 atom stereocenters. The van der Waals surface area contributed by atoms with Crippen LogP contribution in [0.5, 0.6) is 0 Å². The highest BCUT2D eigenvalue weighted by atomic mass is 19.1. The molecule has 3 aromatic rings. The summed E-state index contributed by atoms with van der Waals surface area (Å²) in [6.07, 6.45) is 0. The molecule has 25 heavy (non-hydrogen) atoms. The Hall–Kier alpha value is -3.28. The summed E-state index contributed by atoms with van der Waals surface area (Å²) in [5.41, 5.74) is 0.740. The van der Waals surface area contributed by atoms with Crippen molar-refractivity contribution in [1.29, 1.82) is 0 Å². The Labute approximate surface area is 143 Å². The van der Waals surface area contributed by atoms with Gasteiger partial charge in [0, 0.05) is 18.3 Å². The van der Waals surface area contributed by atoms with Gasteiger partial charge in [-0.3, -0.25) is 9.59 Å². The Morgan fingerprint density at radius 2 is 1.80 bits per heavy atom. The molecule has 126 valence electrons. The zero-order chi connectivity index (χ0) is 17.8. The molecule has 1 heterocycles. The lowest BCUT2D eigenvalue weighted by atomic mass is 10.2. The van der Waals surface area contributed by atoms with Gasteiger partial charge in [0.2, 0.25) is 5.43 Å². The lowest BCUT2D eigenvalue weighted by Gasteiger charge is -2.12. The van der Waals surface area contributed by atoms with E-state index in [4.69, 9.17) is 0 Å². The van der Waals surface area contributed by atoms with Gasteiger partial charge in [0.25, 0.3) is 5.91 Å². The molecule has 1 amide bonds. The molecule has 2 aromatic carbocycles. The normalized spacial score (nSPS) is 10.5. The van der Waals surface area contributed by atoms with E-state index >= 15 is 0 Å². The third kappa shape index (κ3) is 3.63. The number of carbonyl (C=O) groups is 1. The molecule has 6 heteroatoms. The van der Waals surface area contributed by atoms with Crippen LogP contribution in [0, 0.1) is 12.7 Å². The molecule has 0 aliphatic rings. The van der Waals surface area contributed by atoms with Crippen LogP contribution in [0.2, 0.25) is 0 Å². The van der Waals surface area contributed by atoms with E-state index in [9.17, 15) is 14.0 Å². The summed E-state index contributed by atoms with van der Waals surface area (Å²) in [4.78, 5) is 24.5. The van der Waals surface area contributed by atoms with Crippen molar-refractivity contribution in [2.75, 3.05) is 0 Å². The second-order valence-electron chi connectivity index (χ2n) is 5.53. The lowest BCUT2D eigenvalue weighted by Crippen LogP contribution is -2.31. The molecule has 3 rings (SSSR count). The highest BCUT2D eigenvalue weighted by Crippen LogP contribution is 2.13. The molecule has 0 saturated carbocycles. The largest absolute Gasteiger partial charge is 0.346 e. The number of hydrogen-bond donors (Lipinski definition) is 1. The minimum atomic E-state index is -0.598. The minimum absolute atomic E-state index is 0.178. The summed E-state index contributed by atoms with van der Waals surface area (Å²) in [5.74, 6) is -1.09. The van der Waals surface area contributed by atoms with Crippen molar-refractivity contribution in [2.24, 2.45) is 0 Å². The maximum Gasteiger partial charge on any atom is 0.276 e. The third-order valence-corrected chi connectivity index (χ3v) is 3.70. The number of hydrogen-bond acceptors (Lipinski definition) is 3. The summed E-state index contributed by atoms with van der Waals surface area (Å²) in [6, 6.07) is 16.6. The number of para-hydroxylation sites is 1. The molecule has 1 N–H and O–H groups in total. The smallest absolute Gasteiger partial charge is 0.276 e. The van der Waals surface area contributed by atoms with Gasteiger partial charge in [0.15, 0.2) is 5.69 Å². The molecule has 1 aromatic heterocycles. The highest BCUT2D eigenvalue weighted by Gasteiger charge is 2.16. The zero-order valence-electron chi connectivity index (χ0n) is 13.6. The minimum Gasteiger partial charge on any atom is -0.346 e. The summed E-state index contributed by atoms with van der Waals surface area (Å²) in [6.45, 7) is 1.90. The first-order chi connectivity index (χ1) is 12.1. The number of nitrogens with zero attached hydrogens (tertiary/aromatic N) is 2. The van der Waals surface area contributed by atoms with E-state index in [-0.39, 0.29) is 17.9 Å². The number of rotatable bonds is 4. The second kappa shape index (κ2) is 7.09. The first-order valence-corrected chi connectivity index (χ1v) is 7.74. The van der Waals surface area contributed by atoms with Crippen LogP contribution < -0.4 is 10.7 Å². The van der Waals surface area contributed by atoms with E-state index in [1.807, 2.05) is 30.3 Å². The van der Waals surface area contributed by atoms with Crippen molar-refractivity contribution in [3.8, 4) is 5.69 Å². The lowest BCUT2D eigenvalue weighted by molar-refractivity contribution is 0.0943. The predicted octanol–water partition coefficient (Wildman–Crippen LogP) is 2.61. The Bertz CT molecular complexity index is 968. The predicted molar refractivity (Wildman–Crippen MR) is 92.1 cm³/mol. The molecular formula is C19H16FN3O2. The monoisotopic (exact) mass is 337 g/mol. The van der Waals surface area contributed by atoms with Crippen LogP contribution in [0.4, 0.5) is 4.39 Å². The van der Waals surface area contributed by atoms with Gasteiger partial charge in [-0.05, 0) is 24.6 Å². The van der Waals surface area contributed by atoms with E-state index in [1.54, 1.807) is 19.1 Å². The van der Waals surface area contributed by atoms with E-state index in [0.29, 0.717) is 5.69 Å². The van der Waals surface area contributed by atoms with Crippen molar-refractivity contribution < 1.29 is 9.18 Å². The molecule has 5 nitrogen and oxygen atoms in total. The molecule has 0 saturated heterocycles. The van der Waals surface area contributed by atoms with Crippen molar-refractivity contribution in [3.05, 3.63) is 93.7 Å². The summed E-state index contributed by atoms with van der Waals surface area (Å²) in [7, 11) is 0. The number of amides is 1. The summed E-state index contributed by atoms with van der Waals surface area (Å²) < 4.78 is 15.3. The van der Waals surface area contributed by atoms with Crippen LogP contribution in [0.1, 0.15) is 21.7 Å². The molecule has 0 fully saturated rings. The van der Waals surface area contributed by atoms with Crippen LogP contribution >= 0.6 is 0 Å². The summed E-state index contributed by atoms with van der Waals surface area (Å²) >= 11 is 0. The van der Waals surface area contributed by atoms with Gasteiger partial charge in [-0.25, -0.2) is 9.07 Å². The van der Waals surface area contributed by atoms with Crippen LogP contribution in [0.3, 0.4) is 0 Å². The number of aromatic nitrogens is 2. The van der Waals surface area contributed by atoms with Gasteiger partial charge in [-0.1, -0.05) is 42.5 Å². The van der Waals surface area contributed by atoms with Gasteiger partial charge in [-0.2, -0.15) is 5.10 Å². The Balaban J connectivity index is 1.91. The molecule has 0 bridgehead atoms. The van der Waals surface area contributed by atoms with Gasteiger partial charge >= 0.3 is 0 Å². The van der Waals surface area contributed by atoms with Crippen LogP contribution in [-0.2, 0) is 6.54 Å². The second-order valence-corrected chi connectivity index (χ2v) is 5.53. The molecule has 0 spiro atoms. The SMILES string of the molecule is Cc1cc(=O)c(C(=O)NCc2ccccc2)nn1-c1ccccc1F. The van der Waals surface area contributed by atoms with Crippen LogP contribution in [-0.4, -0.2) is 15.7 Å². The molecule has 0 aliphatic heterocycles. The molecular weight excluding hydrogens is 321 g/mol. The molecule has 0 radical (unpaired) electrons. The average molecular weight is 337 g/mol. The molecule has 0 unspecified atom stereocenters. The number of halogens is 1. The number of benzene rings is 2. The quantitative estimate of drug-likeness (QED) is 0.796. The van der Waals surface area contributed by atoms with E-state index in [2.05, 4.69) is 10.4 Å². The fourth-order valence-electron chi connectivity index (χ4n) is 2.43. The van der Waals surface area contributed by atoms with Crippen molar-refractivity contribution >= 4 is 5.91 Å². The van der Waals surface area contributed by atoms with Crippen LogP contribution in [0.25, 0.3) is 5.69 Å². The standard InChI is InChI=1S/C19H16FN3O2/c1-13-11-17(24)18(19(25)21-12-14-7-3-2-4-8-14)22-23(13)16-10-6-5-9-15(16)20/h2-11H,12H2,1H3,(H,21,25). The van der Waals surface area contributed by atoms with E-state index < -0.39 is 17.2 Å². The number of nitrogens with one attached hydrogen (secondary N) is 1. The summed E-state index contributed by atoms with van der Waals surface area (Å²) in [5, 5.41) is 6.73. The first kappa shape index (κ1) is 16.6. The highest BCUT2D eigenvalue weighted by molar-refractivity contribution is 5.92. The first-order valence-electron chi connectivity index (χ1n) is 7.74. The third-order valence-electron chi connectivity index (χ3n) is 3.70. The average Bonchev–Trinajstić information content (AvgIpc) is 2.61. The maximum atomic E-state index is 14.0. The maximum absolute atomic E-state index is 14.0. The van der Waals surface area contributed by atoms with E-state index in [1.165, 1.54) is 22.9 Å². The fourth-order valence-corrected chi connectivity index (χ4v) is 2.43. The molecule has 0 aliphatic carbocycles. The van der Waals surface area contributed by atoms with Gasteiger partial charge in [0.05, 0.1) is 0 Å². The van der Waals surface area contributed by atoms with Gasteiger partial charge in [0.1, 0.15) is 11.5 Å².